The van der Waals surface area contributed by atoms with Crippen LogP contribution in [0.1, 0.15) is 32.1 Å². The summed E-state index contributed by atoms with van der Waals surface area (Å²) in [6.45, 7) is 0. The topological polar surface area (TPSA) is 138 Å². The van der Waals surface area contributed by atoms with Crippen LogP contribution in [-0.4, -0.2) is 46.0 Å². The number of carbonyl (C=O) groups excluding carboxylic acids is 1. The van der Waals surface area contributed by atoms with Crippen LogP contribution in [0.4, 0.5) is 10.1 Å². The van der Waals surface area contributed by atoms with Gasteiger partial charge in [-0.2, -0.15) is 5.10 Å². The number of imidazole rings is 1. The van der Waals surface area contributed by atoms with Gasteiger partial charge in [-0.25, -0.2) is 9.37 Å². The van der Waals surface area contributed by atoms with Gasteiger partial charge in [-0.15, -0.1) is 0 Å². The van der Waals surface area contributed by atoms with Crippen molar-refractivity contribution in [3.8, 4) is 34.0 Å². The lowest BCUT2D eigenvalue weighted by Crippen LogP contribution is -2.24. The van der Waals surface area contributed by atoms with Gasteiger partial charge >= 0.3 is 0 Å². The van der Waals surface area contributed by atoms with E-state index in [9.17, 15) is 4.79 Å². The first-order chi connectivity index (χ1) is 19.7. The fourth-order valence-corrected chi connectivity index (χ4v) is 5.36. The van der Waals surface area contributed by atoms with Crippen LogP contribution in [0, 0.1) is 11.7 Å². The molecule has 10 nitrogen and oxygen atoms in total. The summed E-state index contributed by atoms with van der Waals surface area (Å²) in [5.74, 6) is -0.195. The van der Waals surface area contributed by atoms with Crippen molar-refractivity contribution < 1.29 is 9.18 Å². The van der Waals surface area contributed by atoms with Crippen molar-refractivity contribution in [2.45, 2.75) is 32.1 Å². The third-order valence-corrected chi connectivity index (χ3v) is 7.38. The van der Waals surface area contributed by atoms with E-state index in [4.69, 9.17) is 4.98 Å². The van der Waals surface area contributed by atoms with Crippen molar-refractivity contribution in [3.05, 3.63) is 67.3 Å². The van der Waals surface area contributed by atoms with Gasteiger partial charge in [-0.3, -0.25) is 29.8 Å². The van der Waals surface area contributed by atoms with Crippen LogP contribution in [0.25, 0.3) is 56.0 Å². The van der Waals surface area contributed by atoms with E-state index in [-0.39, 0.29) is 22.9 Å². The number of nitrogens with zero attached hydrogens (tertiary/aromatic N) is 6. The smallest absolute Gasteiger partial charge is 0.227 e. The Bertz CT molecular complexity index is 1860. The quantitative estimate of drug-likeness (QED) is 0.259. The van der Waals surface area contributed by atoms with Crippen LogP contribution in [-0.2, 0) is 4.79 Å². The second-order valence-electron chi connectivity index (χ2n) is 9.95. The third kappa shape index (κ3) is 4.25. The molecule has 40 heavy (non-hydrogen) atoms. The van der Waals surface area contributed by atoms with Crippen molar-refractivity contribution in [2.75, 3.05) is 5.32 Å². The lowest BCUT2D eigenvalue weighted by Gasteiger charge is -2.20. The second kappa shape index (κ2) is 9.92. The van der Waals surface area contributed by atoms with E-state index in [0.29, 0.717) is 39.5 Å². The minimum absolute atomic E-state index is 0.00445. The van der Waals surface area contributed by atoms with Crippen LogP contribution < -0.4 is 5.32 Å². The van der Waals surface area contributed by atoms with Crippen LogP contribution in [0.3, 0.4) is 0 Å². The van der Waals surface area contributed by atoms with E-state index >= 15 is 4.39 Å². The number of fused-ring (bicyclic) bond motifs is 2. The van der Waals surface area contributed by atoms with Crippen molar-refractivity contribution >= 4 is 33.5 Å². The maximum atomic E-state index is 16.1. The lowest BCUT2D eigenvalue weighted by molar-refractivity contribution is -0.120. The Morgan fingerprint density at radius 2 is 1.73 bits per heavy atom. The van der Waals surface area contributed by atoms with Gasteiger partial charge < -0.3 is 10.3 Å². The summed E-state index contributed by atoms with van der Waals surface area (Å²) in [5, 5.41) is 10.4. The fourth-order valence-electron chi connectivity index (χ4n) is 5.36. The highest BCUT2D eigenvalue weighted by molar-refractivity contribution is 5.97. The first-order valence-corrected chi connectivity index (χ1v) is 13.2. The lowest BCUT2D eigenvalue weighted by atomic mass is 9.88. The predicted molar refractivity (Wildman–Crippen MR) is 148 cm³/mol. The Morgan fingerprint density at radius 1 is 0.875 bits per heavy atom. The molecule has 1 saturated carbocycles. The van der Waals surface area contributed by atoms with E-state index in [1.54, 1.807) is 30.9 Å². The zero-order valence-electron chi connectivity index (χ0n) is 21.4. The Morgan fingerprint density at radius 3 is 2.58 bits per heavy atom. The molecule has 1 amide bonds. The molecule has 0 saturated heterocycles. The average molecular weight is 534 g/mol. The van der Waals surface area contributed by atoms with E-state index in [0.717, 1.165) is 36.8 Å². The number of H-pyrrole nitrogens is 2. The van der Waals surface area contributed by atoms with Gasteiger partial charge in [-0.05, 0) is 37.1 Å². The minimum Gasteiger partial charge on any atom is -0.336 e. The van der Waals surface area contributed by atoms with Gasteiger partial charge in [0.15, 0.2) is 11.6 Å². The second-order valence-corrected chi connectivity index (χ2v) is 9.95. The highest BCUT2D eigenvalue weighted by atomic mass is 19.1. The number of rotatable bonds is 5. The maximum absolute atomic E-state index is 16.1. The summed E-state index contributed by atoms with van der Waals surface area (Å²) in [4.78, 5) is 37.9. The van der Waals surface area contributed by atoms with Gasteiger partial charge in [-0.1, -0.05) is 19.3 Å². The van der Waals surface area contributed by atoms with Crippen LogP contribution in [0.5, 0.6) is 0 Å². The van der Waals surface area contributed by atoms with Crippen molar-refractivity contribution in [3.63, 3.8) is 0 Å². The van der Waals surface area contributed by atoms with Gasteiger partial charge in [0.25, 0.3) is 0 Å². The number of halogens is 1. The summed E-state index contributed by atoms with van der Waals surface area (Å²) >= 11 is 0. The molecule has 1 fully saturated rings. The minimum atomic E-state index is -0.563. The molecule has 6 aromatic heterocycles. The molecule has 1 aliphatic rings. The van der Waals surface area contributed by atoms with Crippen LogP contribution >= 0.6 is 0 Å². The van der Waals surface area contributed by atoms with Crippen molar-refractivity contribution in [1.29, 1.82) is 0 Å². The molecule has 0 spiro atoms. The SMILES string of the molecule is O=C(Nc1cncc(-c2ncc3[nH]nc(-c4nc5c(-c6ccncc6)nccc5[nH]4)c3c2F)c1)C1CCCCC1. The fraction of sp³-hybridized carbons (Fsp3) is 0.207. The Labute approximate surface area is 227 Å². The van der Waals surface area contributed by atoms with Gasteiger partial charge in [0.1, 0.15) is 16.9 Å². The number of hydrogen-bond donors (Lipinski definition) is 3. The summed E-state index contributed by atoms with van der Waals surface area (Å²) in [5.41, 5.74) is 4.74. The number of aromatic nitrogens is 8. The van der Waals surface area contributed by atoms with Crippen LogP contribution in [0.15, 0.2) is 61.4 Å². The molecule has 0 bridgehead atoms. The molecule has 198 valence electrons. The highest BCUT2D eigenvalue weighted by Crippen LogP contribution is 2.34. The molecule has 0 unspecified atom stereocenters. The average Bonchev–Trinajstić information content (AvgIpc) is 3.63. The molecule has 6 heterocycles. The van der Waals surface area contributed by atoms with E-state index in [1.807, 2.05) is 18.2 Å². The molecule has 0 aliphatic heterocycles. The normalized spacial score (nSPS) is 14.1. The molecule has 11 heteroatoms. The maximum Gasteiger partial charge on any atom is 0.227 e. The first-order valence-electron chi connectivity index (χ1n) is 13.2. The summed E-state index contributed by atoms with van der Waals surface area (Å²) in [6, 6.07) is 7.22. The summed E-state index contributed by atoms with van der Waals surface area (Å²) in [7, 11) is 0. The number of hydrogen-bond acceptors (Lipinski definition) is 7. The van der Waals surface area contributed by atoms with Crippen molar-refractivity contribution in [2.24, 2.45) is 5.92 Å². The van der Waals surface area contributed by atoms with Gasteiger partial charge in [0.05, 0.1) is 40.2 Å². The molecular weight excluding hydrogens is 509 g/mol. The van der Waals surface area contributed by atoms with E-state index < -0.39 is 5.82 Å². The molecule has 3 N–H and O–H groups in total. The number of amides is 1. The monoisotopic (exact) mass is 533 g/mol. The Balaban J connectivity index is 1.26. The zero-order valence-corrected chi connectivity index (χ0v) is 21.4. The standard InChI is InChI=1S/C29H24FN9O/c30-23-22-21(15-34-24(23)18-12-19(14-32-13-18)35-29(40)17-4-2-1-3-5-17)38-39-27(22)28-36-20-8-11-33-25(26(20)37-28)16-6-9-31-10-7-16/h6-15,17H,1-5H2,(H,35,40)(H,36,37)(H,38,39). The third-order valence-electron chi connectivity index (χ3n) is 7.38. The van der Waals surface area contributed by atoms with Crippen molar-refractivity contribution in [1.82, 2.24) is 40.1 Å². The zero-order chi connectivity index (χ0) is 27.1. The molecule has 7 rings (SSSR count). The van der Waals surface area contributed by atoms with Crippen LogP contribution in [0.2, 0.25) is 0 Å². The highest BCUT2D eigenvalue weighted by Gasteiger charge is 2.23. The molecule has 0 aromatic carbocycles. The van der Waals surface area contributed by atoms with Gasteiger partial charge in [0.2, 0.25) is 5.91 Å². The first kappa shape index (κ1) is 24.0. The van der Waals surface area contributed by atoms with E-state index in [1.165, 1.54) is 18.8 Å². The molecule has 0 radical (unpaired) electrons. The summed E-state index contributed by atoms with van der Waals surface area (Å²) in [6.07, 6.45) is 14.8. The predicted octanol–water partition coefficient (Wildman–Crippen LogP) is 5.68. The molecular formula is C29H24FN9O. The number of anilines is 1. The Kier molecular flexibility index (Phi) is 5.95. The largest absolute Gasteiger partial charge is 0.336 e. The number of carbonyl (C=O) groups is 1. The summed E-state index contributed by atoms with van der Waals surface area (Å²) < 4.78 is 16.1. The number of pyridine rings is 4. The molecule has 6 aromatic rings. The Hall–Kier alpha value is -5.06. The number of aromatic amines is 2. The number of nitrogens with one attached hydrogen (secondary N) is 3. The van der Waals surface area contributed by atoms with E-state index in [2.05, 4.69) is 40.4 Å². The van der Waals surface area contributed by atoms with Gasteiger partial charge in [0, 0.05) is 41.8 Å². The molecule has 1 aliphatic carbocycles. The molecule has 0 atom stereocenters.